The first-order valence-electron chi connectivity index (χ1n) is 6.52. The fourth-order valence-electron chi connectivity index (χ4n) is 2.52. The van der Waals surface area contributed by atoms with Crippen LogP contribution < -0.4 is 5.32 Å². The SMILES string of the molecule is O=C(Cc1ccccn1)NCC1(C(=O)O)CCCC1. The first-order chi connectivity index (χ1) is 9.12. The van der Waals surface area contributed by atoms with E-state index in [9.17, 15) is 14.7 Å². The molecule has 5 heteroatoms. The Bertz CT molecular complexity index is 453. The maximum Gasteiger partial charge on any atom is 0.311 e. The molecule has 0 saturated heterocycles. The maximum absolute atomic E-state index is 11.8. The molecule has 0 radical (unpaired) electrons. The Morgan fingerprint density at radius 3 is 2.63 bits per heavy atom. The highest BCUT2D eigenvalue weighted by molar-refractivity contribution is 5.80. The molecule has 5 nitrogen and oxygen atoms in total. The monoisotopic (exact) mass is 262 g/mol. The molecule has 1 aliphatic carbocycles. The highest BCUT2D eigenvalue weighted by Crippen LogP contribution is 2.37. The van der Waals surface area contributed by atoms with Gasteiger partial charge in [-0.25, -0.2) is 0 Å². The first kappa shape index (κ1) is 13.5. The lowest BCUT2D eigenvalue weighted by Crippen LogP contribution is -2.41. The van der Waals surface area contributed by atoms with Gasteiger partial charge in [-0.1, -0.05) is 18.9 Å². The summed E-state index contributed by atoms with van der Waals surface area (Å²) in [6.45, 7) is 0.216. The molecule has 102 valence electrons. The molecule has 1 aromatic rings. The van der Waals surface area contributed by atoms with Crippen molar-refractivity contribution in [1.82, 2.24) is 10.3 Å². The Morgan fingerprint density at radius 2 is 2.05 bits per heavy atom. The fourth-order valence-corrected chi connectivity index (χ4v) is 2.52. The molecule has 1 aromatic heterocycles. The van der Waals surface area contributed by atoms with Gasteiger partial charge in [0.1, 0.15) is 0 Å². The number of nitrogens with zero attached hydrogens (tertiary/aromatic N) is 1. The van der Waals surface area contributed by atoms with E-state index < -0.39 is 11.4 Å². The van der Waals surface area contributed by atoms with Gasteiger partial charge in [0.2, 0.25) is 5.91 Å². The zero-order valence-electron chi connectivity index (χ0n) is 10.8. The number of carboxylic acids is 1. The molecule has 1 fully saturated rings. The van der Waals surface area contributed by atoms with E-state index in [-0.39, 0.29) is 18.9 Å². The second-order valence-electron chi connectivity index (χ2n) is 5.07. The fraction of sp³-hybridized carbons (Fsp3) is 0.500. The zero-order chi connectivity index (χ0) is 13.7. The van der Waals surface area contributed by atoms with Crippen LogP contribution in [0.4, 0.5) is 0 Å². The van der Waals surface area contributed by atoms with Gasteiger partial charge in [0.25, 0.3) is 0 Å². The largest absolute Gasteiger partial charge is 0.481 e. The van der Waals surface area contributed by atoms with Crippen molar-refractivity contribution >= 4 is 11.9 Å². The lowest BCUT2D eigenvalue weighted by atomic mass is 9.86. The smallest absolute Gasteiger partial charge is 0.311 e. The molecule has 1 heterocycles. The van der Waals surface area contributed by atoms with Gasteiger partial charge in [-0.3, -0.25) is 14.6 Å². The van der Waals surface area contributed by atoms with E-state index in [2.05, 4.69) is 10.3 Å². The summed E-state index contributed by atoms with van der Waals surface area (Å²) in [5.74, 6) is -0.977. The zero-order valence-corrected chi connectivity index (χ0v) is 10.8. The van der Waals surface area contributed by atoms with Crippen LogP contribution in [0.1, 0.15) is 31.4 Å². The molecule has 0 spiro atoms. The van der Waals surface area contributed by atoms with E-state index in [0.29, 0.717) is 18.5 Å². The van der Waals surface area contributed by atoms with Crippen LogP contribution in [-0.2, 0) is 16.0 Å². The number of carbonyl (C=O) groups is 2. The van der Waals surface area contributed by atoms with E-state index in [1.807, 2.05) is 6.07 Å². The summed E-state index contributed by atoms with van der Waals surface area (Å²) >= 11 is 0. The molecule has 1 amide bonds. The minimum Gasteiger partial charge on any atom is -0.481 e. The molecule has 1 saturated carbocycles. The van der Waals surface area contributed by atoms with Crippen LogP contribution in [0.5, 0.6) is 0 Å². The Balaban J connectivity index is 1.88. The first-order valence-corrected chi connectivity index (χ1v) is 6.52. The van der Waals surface area contributed by atoms with Crippen LogP contribution in [0.2, 0.25) is 0 Å². The number of amides is 1. The number of rotatable bonds is 5. The molecule has 2 rings (SSSR count). The highest BCUT2D eigenvalue weighted by atomic mass is 16.4. The number of carboxylic acid groups (broad SMARTS) is 1. The Morgan fingerprint density at radius 1 is 1.32 bits per heavy atom. The third-order valence-corrected chi connectivity index (χ3v) is 3.71. The van der Waals surface area contributed by atoms with Crippen molar-refractivity contribution in [3.8, 4) is 0 Å². The average molecular weight is 262 g/mol. The van der Waals surface area contributed by atoms with Crippen molar-refractivity contribution in [2.45, 2.75) is 32.1 Å². The van der Waals surface area contributed by atoms with Crippen LogP contribution in [-0.4, -0.2) is 28.5 Å². The summed E-state index contributed by atoms with van der Waals surface area (Å²) in [5.41, 5.74) is -0.0736. The second-order valence-corrected chi connectivity index (χ2v) is 5.07. The van der Waals surface area contributed by atoms with Crippen LogP contribution in [0.15, 0.2) is 24.4 Å². The van der Waals surface area contributed by atoms with Crippen molar-refractivity contribution in [3.05, 3.63) is 30.1 Å². The molecule has 2 N–H and O–H groups in total. The third kappa shape index (κ3) is 3.30. The molecule has 0 unspecified atom stereocenters. The average Bonchev–Trinajstić information content (AvgIpc) is 2.88. The van der Waals surface area contributed by atoms with E-state index in [1.165, 1.54) is 0 Å². The minimum atomic E-state index is -0.803. The molecule has 19 heavy (non-hydrogen) atoms. The van der Waals surface area contributed by atoms with Gasteiger partial charge in [-0.2, -0.15) is 0 Å². The van der Waals surface area contributed by atoms with Crippen LogP contribution >= 0.6 is 0 Å². The number of hydrogen-bond donors (Lipinski definition) is 2. The van der Waals surface area contributed by atoms with Gasteiger partial charge in [0, 0.05) is 18.4 Å². The number of aromatic nitrogens is 1. The Kier molecular flexibility index (Phi) is 4.14. The molecular formula is C14H18N2O3. The molecule has 0 atom stereocenters. The van der Waals surface area contributed by atoms with E-state index in [4.69, 9.17) is 0 Å². The number of carbonyl (C=O) groups excluding carboxylic acids is 1. The molecule has 1 aliphatic rings. The van der Waals surface area contributed by atoms with Crippen molar-refractivity contribution in [1.29, 1.82) is 0 Å². The lowest BCUT2D eigenvalue weighted by Gasteiger charge is -2.23. The quantitative estimate of drug-likeness (QED) is 0.840. The normalized spacial score (nSPS) is 17.1. The summed E-state index contributed by atoms with van der Waals surface area (Å²) in [5, 5.41) is 12.0. The third-order valence-electron chi connectivity index (χ3n) is 3.71. The molecule has 0 aromatic carbocycles. The van der Waals surface area contributed by atoms with E-state index in [1.54, 1.807) is 18.3 Å². The molecule has 0 aliphatic heterocycles. The van der Waals surface area contributed by atoms with Gasteiger partial charge in [-0.15, -0.1) is 0 Å². The Hall–Kier alpha value is -1.91. The summed E-state index contributed by atoms with van der Waals surface area (Å²) in [6.07, 6.45) is 4.96. The Labute approximate surface area is 112 Å². The van der Waals surface area contributed by atoms with E-state index >= 15 is 0 Å². The molecular weight excluding hydrogens is 244 g/mol. The number of pyridine rings is 1. The summed E-state index contributed by atoms with van der Waals surface area (Å²) in [4.78, 5) is 27.2. The van der Waals surface area contributed by atoms with Crippen molar-refractivity contribution in [2.24, 2.45) is 5.41 Å². The predicted octanol–water partition coefficient (Wildman–Crippen LogP) is 1.39. The lowest BCUT2D eigenvalue weighted by molar-refractivity contribution is -0.148. The van der Waals surface area contributed by atoms with Gasteiger partial charge in [0.05, 0.1) is 11.8 Å². The summed E-state index contributed by atoms with van der Waals surface area (Å²) < 4.78 is 0. The molecule has 0 bridgehead atoms. The van der Waals surface area contributed by atoms with Gasteiger partial charge in [-0.05, 0) is 25.0 Å². The van der Waals surface area contributed by atoms with E-state index in [0.717, 1.165) is 12.8 Å². The summed E-state index contributed by atoms with van der Waals surface area (Å²) in [6, 6.07) is 5.40. The minimum absolute atomic E-state index is 0.175. The summed E-state index contributed by atoms with van der Waals surface area (Å²) in [7, 11) is 0. The van der Waals surface area contributed by atoms with Crippen molar-refractivity contribution in [3.63, 3.8) is 0 Å². The predicted molar refractivity (Wildman–Crippen MR) is 69.5 cm³/mol. The van der Waals surface area contributed by atoms with Gasteiger partial charge >= 0.3 is 5.97 Å². The second kappa shape index (κ2) is 5.82. The standard InChI is InChI=1S/C14H18N2O3/c17-12(9-11-5-1-4-8-15-11)16-10-14(13(18)19)6-2-3-7-14/h1,4-5,8H,2-3,6-7,9-10H2,(H,16,17)(H,18,19). The highest BCUT2D eigenvalue weighted by Gasteiger charge is 2.41. The van der Waals surface area contributed by atoms with Crippen LogP contribution in [0.3, 0.4) is 0 Å². The van der Waals surface area contributed by atoms with Crippen molar-refractivity contribution < 1.29 is 14.7 Å². The van der Waals surface area contributed by atoms with Gasteiger partial charge < -0.3 is 10.4 Å². The maximum atomic E-state index is 11.8. The topological polar surface area (TPSA) is 79.3 Å². The van der Waals surface area contributed by atoms with Crippen molar-refractivity contribution in [2.75, 3.05) is 6.54 Å². The van der Waals surface area contributed by atoms with Gasteiger partial charge in [0.15, 0.2) is 0 Å². The number of aliphatic carboxylic acids is 1. The van der Waals surface area contributed by atoms with Crippen LogP contribution in [0.25, 0.3) is 0 Å². The number of nitrogens with one attached hydrogen (secondary N) is 1. The number of hydrogen-bond acceptors (Lipinski definition) is 3. The van der Waals surface area contributed by atoms with Crippen LogP contribution in [0, 0.1) is 5.41 Å².